The van der Waals surface area contributed by atoms with Crippen LogP contribution in [-0.2, 0) is 0 Å². The van der Waals surface area contributed by atoms with Gasteiger partial charge in [-0.25, -0.2) is 0 Å². The Morgan fingerprint density at radius 1 is 1.53 bits per heavy atom. The first-order valence-corrected chi connectivity index (χ1v) is 6.03. The Morgan fingerprint density at radius 2 is 2.33 bits per heavy atom. The Hall–Kier alpha value is -0.590. The maximum absolute atomic E-state index is 8.76. The van der Waals surface area contributed by atoms with Gasteiger partial charge in [0, 0.05) is 25.6 Å². The molecule has 1 N–H and O–H groups in total. The van der Waals surface area contributed by atoms with Gasteiger partial charge in [-0.1, -0.05) is 0 Å². The molecule has 15 heavy (non-hydrogen) atoms. The van der Waals surface area contributed by atoms with Crippen LogP contribution >= 0.6 is 0 Å². The standard InChI is InChI=1S/C12H21N3/c1-15(9-11-3-2-8-14-11)10-12(4-5-12)6-7-13/h11,14H,2-6,8-10H2,1H3. The van der Waals surface area contributed by atoms with Gasteiger partial charge in [0.15, 0.2) is 0 Å². The van der Waals surface area contributed by atoms with E-state index in [4.69, 9.17) is 5.26 Å². The zero-order valence-electron chi connectivity index (χ0n) is 9.63. The molecule has 0 bridgehead atoms. The van der Waals surface area contributed by atoms with E-state index in [1.807, 2.05) is 0 Å². The molecule has 3 nitrogen and oxygen atoms in total. The second-order valence-corrected chi connectivity index (χ2v) is 5.32. The van der Waals surface area contributed by atoms with E-state index in [1.165, 1.54) is 32.2 Å². The van der Waals surface area contributed by atoms with Crippen LogP contribution in [0, 0.1) is 16.7 Å². The van der Waals surface area contributed by atoms with Crippen molar-refractivity contribution >= 4 is 0 Å². The normalized spacial score (nSPS) is 27.9. The van der Waals surface area contributed by atoms with Crippen LogP contribution in [-0.4, -0.2) is 37.6 Å². The quantitative estimate of drug-likeness (QED) is 0.740. The molecule has 0 spiro atoms. The molecule has 1 atom stereocenters. The van der Waals surface area contributed by atoms with Gasteiger partial charge in [0.2, 0.25) is 0 Å². The molecule has 2 rings (SSSR count). The Kier molecular flexibility index (Phi) is 3.28. The molecule has 2 aliphatic rings. The lowest BCUT2D eigenvalue weighted by Crippen LogP contribution is -2.38. The average molecular weight is 207 g/mol. The van der Waals surface area contributed by atoms with Crippen LogP contribution in [0.4, 0.5) is 0 Å². The summed E-state index contributed by atoms with van der Waals surface area (Å²) in [5, 5.41) is 12.3. The van der Waals surface area contributed by atoms with Crippen molar-refractivity contribution in [2.75, 3.05) is 26.7 Å². The lowest BCUT2D eigenvalue weighted by molar-refractivity contribution is 0.244. The van der Waals surface area contributed by atoms with Crippen LogP contribution in [0.1, 0.15) is 32.1 Å². The number of likely N-dealkylation sites (N-methyl/N-ethyl adjacent to an activating group) is 1. The van der Waals surface area contributed by atoms with Gasteiger partial charge in [-0.3, -0.25) is 0 Å². The number of hydrogen-bond acceptors (Lipinski definition) is 3. The van der Waals surface area contributed by atoms with Gasteiger partial charge in [0.05, 0.1) is 6.07 Å². The monoisotopic (exact) mass is 207 g/mol. The first-order valence-electron chi connectivity index (χ1n) is 6.03. The van der Waals surface area contributed by atoms with Gasteiger partial charge in [0.25, 0.3) is 0 Å². The van der Waals surface area contributed by atoms with Crippen molar-refractivity contribution in [3.8, 4) is 6.07 Å². The van der Waals surface area contributed by atoms with Crippen LogP contribution < -0.4 is 5.32 Å². The van der Waals surface area contributed by atoms with Gasteiger partial charge in [-0.2, -0.15) is 5.26 Å². The average Bonchev–Trinajstić information content (AvgIpc) is 2.75. The summed E-state index contributed by atoms with van der Waals surface area (Å²) in [4.78, 5) is 2.41. The van der Waals surface area contributed by atoms with E-state index >= 15 is 0 Å². The van der Waals surface area contributed by atoms with Crippen molar-refractivity contribution in [1.82, 2.24) is 10.2 Å². The third-order valence-electron chi connectivity index (χ3n) is 3.71. The molecule has 3 heteroatoms. The SMILES string of the molecule is CN(CC1CCCN1)CC1(CC#N)CC1. The molecular formula is C12H21N3. The van der Waals surface area contributed by atoms with Gasteiger partial charge < -0.3 is 10.2 Å². The van der Waals surface area contributed by atoms with Crippen molar-refractivity contribution in [3.05, 3.63) is 0 Å². The fourth-order valence-electron chi connectivity index (χ4n) is 2.66. The summed E-state index contributed by atoms with van der Waals surface area (Å²) < 4.78 is 0. The molecule has 0 aromatic rings. The Bertz CT molecular complexity index is 246. The Morgan fingerprint density at radius 3 is 2.87 bits per heavy atom. The van der Waals surface area contributed by atoms with Crippen molar-refractivity contribution in [1.29, 1.82) is 5.26 Å². The fourth-order valence-corrected chi connectivity index (χ4v) is 2.66. The van der Waals surface area contributed by atoms with Crippen LogP contribution in [0.5, 0.6) is 0 Å². The van der Waals surface area contributed by atoms with E-state index in [9.17, 15) is 0 Å². The molecular weight excluding hydrogens is 186 g/mol. The highest BCUT2D eigenvalue weighted by Gasteiger charge is 2.43. The van der Waals surface area contributed by atoms with E-state index in [1.54, 1.807) is 0 Å². The Balaban J connectivity index is 1.72. The van der Waals surface area contributed by atoms with Crippen LogP contribution in [0.25, 0.3) is 0 Å². The maximum atomic E-state index is 8.76. The summed E-state index contributed by atoms with van der Waals surface area (Å²) in [6.07, 6.45) is 5.89. The van der Waals surface area contributed by atoms with E-state index in [2.05, 4.69) is 23.3 Å². The molecule has 1 aliphatic heterocycles. The first-order chi connectivity index (χ1) is 7.24. The number of nitrogens with zero attached hydrogens (tertiary/aromatic N) is 2. The summed E-state index contributed by atoms with van der Waals surface area (Å²) in [6, 6.07) is 3.02. The molecule has 1 saturated carbocycles. The number of nitrogens with one attached hydrogen (secondary N) is 1. The second-order valence-electron chi connectivity index (χ2n) is 5.32. The van der Waals surface area contributed by atoms with Gasteiger partial charge in [-0.05, 0) is 44.7 Å². The highest BCUT2D eigenvalue weighted by atomic mass is 15.1. The maximum Gasteiger partial charge on any atom is 0.0628 e. The van der Waals surface area contributed by atoms with Crippen LogP contribution in [0.3, 0.4) is 0 Å². The summed E-state index contributed by atoms with van der Waals surface area (Å²) in [7, 11) is 2.19. The lowest BCUT2D eigenvalue weighted by atomic mass is 10.0. The third kappa shape index (κ3) is 2.93. The summed E-state index contributed by atoms with van der Waals surface area (Å²) >= 11 is 0. The highest BCUT2D eigenvalue weighted by Crippen LogP contribution is 2.48. The molecule has 0 radical (unpaired) electrons. The minimum atomic E-state index is 0.363. The van der Waals surface area contributed by atoms with E-state index < -0.39 is 0 Å². The van der Waals surface area contributed by atoms with Gasteiger partial charge in [-0.15, -0.1) is 0 Å². The van der Waals surface area contributed by atoms with E-state index in [0.29, 0.717) is 11.5 Å². The molecule has 1 unspecified atom stereocenters. The molecule has 0 amide bonds. The summed E-state index contributed by atoms with van der Waals surface area (Å²) in [5.41, 5.74) is 0.363. The first kappa shape index (κ1) is 10.9. The molecule has 1 saturated heterocycles. The van der Waals surface area contributed by atoms with Crippen molar-refractivity contribution in [2.45, 2.75) is 38.1 Å². The number of nitriles is 1. The number of hydrogen-bond donors (Lipinski definition) is 1. The highest BCUT2D eigenvalue weighted by molar-refractivity contribution is 5.01. The minimum Gasteiger partial charge on any atom is -0.313 e. The second kappa shape index (κ2) is 4.51. The van der Waals surface area contributed by atoms with Crippen molar-refractivity contribution in [3.63, 3.8) is 0 Å². The summed E-state index contributed by atoms with van der Waals surface area (Å²) in [6.45, 7) is 3.44. The Labute approximate surface area is 92.4 Å². The molecule has 2 fully saturated rings. The predicted octanol–water partition coefficient (Wildman–Crippen LogP) is 1.36. The smallest absolute Gasteiger partial charge is 0.0628 e. The zero-order chi connectivity index (χ0) is 10.7. The number of rotatable bonds is 5. The molecule has 0 aromatic heterocycles. The van der Waals surface area contributed by atoms with E-state index in [0.717, 1.165) is 19.5 Å². The molecule has 1 heterocycles. The largest absolute Gasteiger partial charge is 0.313 e. The van der Waals surface area contributed by atoms with Gasteiger partial charge in [0.1, 0.15) is 0 Å². The fraction of sp³-hybridized carbons (Fsp3) is 0.917. The topological polar surface area (TPSA) is 39.1 Å². The third-order valence-corrected chi connectivity index (χ3v) is 3.71. The van der Waals surface area contributed by atoms with Gasteiger partial charge >= 0.3 is 0 Å². The molecule has 0 aromatic carbocycles. The lowest BCUT2D eigenvalue weighted by Gasteiger charge is -2.24. The van der Waals surface area contributed by atoms with E-state index in [-0.39, 0.29) is 0 Å². The van der Waals surface area contributed by atoms with Crippen molar-refractivity contribution in [2.24, 2.45) is 5.41 Å². The predicted molar refractivity (Wildman–Crippen MR) is 60.4 cm³/mol. The minimum absolute atomic E-state index is 0.363. The zero-order valence-corrected chi connectivity index (χ0v) is 9.63. The van der Waals surface area contributed by atoms with Crippen molar-refractivity contribution < 1.29 is 0 Å². The molecule has 1 aliphatic carbocycles. The van der Waals surface area contributed by atoms with Crippen LogP contribution in [0.2, 0.25) is 0 Å². The van der Waals surface area contributed by atoms with Crippen LogP contribution in [0.15, 0.2) is 0 Å². The molecule has 84 valence electrons. The summed E-state index contributed by atoms with van der Waals surface area (Å²) in [5.74, 6) is 0.